The largest absolute Gasteiger partial charge is 0.394 e. The number of hydrogen-bond acceptors (Lipinski definition) is 11. The van der Waals surface area contributed by atoms with Crippen molar-refractivity contribution < 1.29 is 20.1 Å². The van der Waals surface area contributed by atoms with E-state index in [-0.39, 0.29) is 6.04 Å². The molecule has 2 aliphatic rings. The topological polar surface area (TPSA) is 165 Å². The van der Waals surface area contributed by atoms with Crippen LogP contribution in [-0.2, 0) is 4.74 Å². The van der Waals surface area contributed by atoms with E-state index in [9.17, 15) is 15.3 Å². The highest BCUT2D eigenvalue weighted by molar-refractivity contribution is 6.29. The van der Waals surface area contributed by atoms with Crippen molar-refractivity contribution in [2.45, 2.75) is 36.9 Å². The summed E-state index contributed by atoms with van der Waals surface area (Å²) in [7, 11) is 0. The van der Waals surface area contributed by atoms with E-state index in [0.717, 1.165) is 18.8 Å². The predicted octanol–water partition coefficient (Wildman–Crippen LogP) is -0.359. The van der Waals surface area contributed by atoms with Crippen molar-refractivity contribution >= 4 is 34.4 Å². The Labute approximate surface area is 181 Å². The van der Waals surface area contributed by atoms with E-state index in [1.165, 1.54) is 12.7 Å². The molecule has 5 rings (SSSR count). The van der Waals surface area contributed by atoms with E-state index in [0.29, 0.717) is 34.5 Å². The average molecular weight is 449 g/mol. The first-order valence-electron chi connectivity index (χ1n) is 9.85. The van der Waals surface area contributed by atoms with Gasteiger partial charge in [0.05, 0.1) is 6.61 Å². The summed E-state index contributed by atoms with van der Waals surface area (Å²) in [6, 6.07) is 1.84. The Kier molecular flexibility index (Phi) is 5.32. The van der Waals surface area contributed by atoms with Crippen molar-refractivity contribution in [3.63, 3.8) is 0 Å². The van der Waals surface area contributed by atoms with Crippen LogP contribution in [0.2, 0.25) is 5.15 Å². The molecule has 0 radical (unpaired) electrons. The van der Waals surface area contributed by atoms with Crippen LogP contribution in [0.1, 0.15) is 18.3 Å². The number of halogens is 1. The highest BCUT2D eigenvalue weighted by Gasteiger charge is 2.44. The zero-order valence-electron chi connectivity index (χ0n) is 16.3. The second-order valence-electron chi connectivity index (χ2n) is 7.58. The molecule has 13 heteroatoms. The van der Waals surface area contributed by atoms with Gasteiger partial charge in [-0.1, -0.05) is 11.6 Å². The summed E-state index contributed by atoms with van der Waals surface area (Å²) in [6.07, 6.45) is -0.491. The van der Waals surface area contributed by atoms with Gasteiger partial charge in [-0.05, 0) is 6.42 Å². The second kappa shape index (κ2) is 8.13. The Balaban J connectivity index is 1.34. The zero-order chi connectivity index (χ0) is 21.5. The first kappa shape index (κ1) is 20.3. The maximum atomic E-state index is 10.3. The van der Waals surface area contributed by atoms with Crippen LogP contribution in [0.5, 0.6) is 0 Å². The molecule has 0 spiro atoms. The lowest BCUT2D eigenvalue weighted by Gasteiger charge is -2.18. The number of aliphatic hydroxyl groups excluding tert-OH is 3. The SMILES string of the molecule is OC[C@H]1O[C@H](c2nc3ncnc(N[C@H]4CCN(c5cc(Cl)ncn5)C4)c3[nH]2)[C@@H](O)[C@H]1O. The molecule has 0 aliphatic carbocycles. The molecule has 0 saturated carbocycles. The number of aromatic nitrogens is 6. The predicted molar refractivity (Wildman–Crippen MR) is 110 cm³/mol. The summed E-state index contributed by atoms with van der Waals surface area (Å²) in [5, 5.41) is 33.4. The smallest absolute Gasteiger partial charge is 0.183 e. The van der Waals surface area contributed by atoms with Crippen LogP contribution >= 0.6 is 11.6 Å². The Morgan fingerprint density at radius 1 is 1.19 bits per heavy atom. The van der Waals surface area contributed by atoms with Gasteiger partial charge in [-0.15, -0.1) is 0 Å². The summed E-state index contributed by atoms with van der Waals surface area (Å²) in [4.78, 5) is 26.3. The molecule has 5 heterocycles. The third kappa shape index (κ3) is 3.77. The fourth-order valence-corrected chi connectivity index (χ4v) is 4.13. The fourth-order valence-electron chi connectivity index (χ4n) is 3.99. The quantitative estimate of drug-likeness (QED) is 0.323. The van der Waals surface area contributed by atoms with Crippen molar-refractivity contribution in [2.75, 3.05) is 29.9 Å². The number of nitrogens with one attached hydrogen (secondary N) is 2. The van der Waals surface area contributed by atoms with Crippen LogP contribution in [0.15, 0.2) is 18.7 Å². The van der Waals surface area contributed by atoms with Gasteiger partial charge in [0.1, 0.15) is 59.4 Å². The van der Waals surface area contributed by atoms with Gasteiger partial charge in [0.2, 0.25) is 0 Å². The van der Waals surface area contributed by atoms with Crippen LogP contribution in [-0.4, -0.2) is 89.3 Å². The summed E-state index contributed by atoms with van der Waals surface area (Å²) in [5.74, 6) is 1.65. The van der Waals surface area contributed by atoms with Gasteiger partial charge < -0.3 is 35.3 Å². The number of nitrogens with zero attached hydrogens (tertiary/aromatic N) is 6. The lowest BCUT2D eigenvalue weighted by Crippen LogP contribution is -2.32. The molecule has 164 valence electrons. The standard InChI is InChI=1S/C18H21ClN8O4/c19-10-3-11(21-6-20-10)27-2-1-8(4-27)24-16-12-17(23-7-22-16)26-18(25-12)15-14(30)13(29)9(5-28)31-15/h3,6-9,13-15,28-30H,1-2,4-5H2,(H2,22,23,24,25,26)/t8-,9+,13-,14-,15-/m0/s1. The number of fused-ring (bicyclic) bond motifs is 1. The van der Waals surface area contributed by atoms with E-state index in [4.69, 9.17) is 16.3 Å². The first-order valence-corrected chi connectivity index (χ1v) is 10.2. The molecular weight excluding hydrogens is 428 g/mol. The summed E-state index contributed by atoms with van der Waals surface area (Å²) in [6.45, 7) is 1.10. The number of anilines is 2. The highest BCUT2D eigenvalue weighted by atomic mass is 35.5. The lowest BCUT2D eigenvalue weighted by atomic mass is 10.1. The number of imidazole rings is 1. The van der Waals surface area contributed by atoms with Crippen LogP contribution in [0.25, 0.3) is 11.2 Å². The van der Waals surface area contributed by atoms with Gasteiger partial charge in [0, 0.05) is 25.2 Å². The molecule has 2 fully saturated rings. The van der Waals surface area contributed by atoms with Crippen molar-refractivity contribution in [2.24, 2.45) is 0 Å². The molecule has 31 heavy (non-hydrogen) atoms. The average Bonchev–Trinajstić information content (AvgIpc) is 3.47. The van der Waals surface area contributed by atoms with Crippen molar-refractivity contribution in [1.82, 2.24) is 29.9 Å². The number of ether oxygens (including phenoxy) is 1. The third-order valence-corrected chi connectivity index (χ3v) is 5.80. The van der Waals surface area contributed by atoms with Crippen LogP contribution in [0, 0.1) is 0 Å². The molecule has 0 aromatic carbocycles. The maximum absolute atomic E-state index is 10.3. The number of H-pyrrole nitrogens is 1. The monoisotopic (exact) mass is 448 g/mol. The first-order chi connectivity index (χ1) is 15.0. The molecule has 2 saturated heterocycles. The Hall–Kier alpha value is -2.64. The van der Waals surface area contributed by atoms with Gasteiger partial charge in [-0.25, -0.2) is 24.9 Å². The molecular formula is C18H21ClN8O4. The minimum Gasteiger partial charge on any atom is -0.394 e. The third-order valence-electron chi connectivity index (χ3n) is 5.59. The summed E-state index contributed by atoms with van der Waals surface area (Å²) >= 11 is 5.97. The molecule has 0 unspecified atom stereocenters. The fraction of sp³-hybridized carbons (Fsp3) is 0.500. The van der Waals surface area contributed by atoms with Gasteiger partial charge >= 0.3 is 0 Å². The number of rotatable bonds is 5. The van der Waals surface area contributed by atoms with Crippen molar-refractivity contribution in [3.8, 4) is 0 Å². The molecule has 3 aromatic heterocycles. The van der Waals surface area contributed by atoms with Gasteiger partial charge in [0.25, 0.3) is 0 Å². The molecule has 0 bridgehead atoms. The van der Waals surface area contributed by atoms with E-state index in [1.807, 2.05) is 0 Å². The molecule has 0 amide bonds. The van der Waals surface area contributed by atoms with Gasteiger partial charge in [-0.2, -0.15) is 0 Å². The highest BCUT2D eigenvalue weighted by Crippen LogP contribution is 2.33. The molecule has 12 nitrogen and oxygen atoms in total. The number of aliphatic hydroxyl groups is 3. The van der Waals surface area contributed by atoms with Crippen LogP contribution in [0.4, 0.5) is 11.6 Å². The normalized spacial score (nSPS) is 28.5. The van der Waals surface area contributed by atoms with Crippen LogP contribution < -0.4 is 10.2 Å². The lowest BCUT2D eigenvalue weighted by molar-refractivity contribution is -0.0249. The second-order valence-corrected chi connectivity index (χ2v) is 7.96. The van der Waals surface area contributed by atoms with E-state index < -0.39 is 31.0 Å². The maximum Gasteiger partial charge on any atom is 0.183 e. The molecule has 2 aliphatic heterocycles. The van der Waals surface area contributed by atoms with Gasteiger partial charge in [-0.3, -0.25) is 0 Å². The number of aromatic amines is 1. The van der Waals surface area contributed by atoms with E-state index >= 15 is 0 Å². The Morgan fingerprint density at radius 2 is 2.03 bits per heavy atom. The van der Waals surface area contributed by atoms with Crippen molar-refractivity contribution in [3.05, 3.63) is 29.7 Å². The Bertz CT molecular complexity index is 1080. The molecule has 3 aromatic rings. The number of hydrogen-bond donors (Lipinski definition) is 5. The zero-order valence-corrected chi connectivity index (χ0v) is 17.0. The van der Waals surface area contributed by atoms with E-state index in [1.54, 1.807) is 6.07 Å². The minimum atomic E-state index is -1.22. The van der Waals surface area contributed by atoms with E-state index in [2.05, 4.69) is 40.1 Å². The minimum absolute atomic E-state index is 0.104. The Morgan fingerprint density at radius 3 is 2.81 bits per heavy atom. The molecule has 5 N–H and O–H groups in total. The summed E-state index contributed by atoms with van der Waals surface area (Å²) in [5.41, 5.74) is 0.974. The summed E-state index contributed by atoms with van der Waals surface area (Å²) < 4.78 is 5.55. The van der Waals surface area contributed by atoms with Gasteiger partial charge in [0.15, 0.2) is 11.5 Å². The van der Waals surface area contributed by atoms with Crippen LogP contribution in [0.3, 0.4) is 0 Å². The molecule has 5 atom stereocenters. The van der Waals surface area contributed by atoms with Crippen molar-refractivity contribution in [1.29, 1.82) is 0 Å².